The molecule has 0 heterocycles. The van der Waals surface area contributed by atoms with E-state index in [0.717, 1.165) is 31.4 Å². The fraction of sp³-hybridized carbons (Fsp3) is 0.613. The van der Waals surface area contributed by atoms with Crippen LogP contribution in [0.4, 0.5) is 0 Å². The maximum Gasteiger partial charge on any atom is 0.123 e. The molecular weight excluding hydrogens is 404 g/mol. The molecule has 33 heavy (non-hydrogen) atoms. The Morgan fingerprint density at radius 3 is 2.36 bits per heavy atom. The van der Waals surface area contributed by atoms with E-state index in [2.05, 4.69) is 63.2 Å². The molecule has 0 bridgehead atoms. The topological polar surface area (TPSA) is 29.5 Å². The molecule has 2 nitrogen and oxygen atoms in total. The van der Waals surface area contributed by atoms with E-state index in [1.807, 2.05) is 6.07 Å². The number of unbranched alkanes of at least 4 members (excludes halogenated alkanes) is 6. The predicted molar refractivity (Wildman–Crippen MR) is 140 cm³/mol. The Bertz CT molecular complexity index is 811. The summed E-state index contributed by atoms with van der Waals surface area (Å²) in [6.07, 6.45) is 14.5. The van der Waals surface area contributed by atoms with Crippen LogP contribution in [0.25, 0.3) is 0 Å². The average Bonchev–Trinajstić information content (AvgIpc) is 2.82. The van der Waals surface area contributed by atoms with Gasteiger partial charge in [-0.2, -0.15) is 0 Å². The van der Waals surface area contributed by atoms with Gasteiger partial charge in [0.2, 0.25) is 0 Å². The van der Waals surface area contributed by atoms with Crippen molar-refractivity contribution in [2.24, 2.45) is 0 Å². The largest absolute Gasteiger partial charge is 0.489 e. The molecule has 1 N–H and O–H groups in total. The van der Waals surface area contributed by atoms with Crippen molar-refractivity contribution in [3.8, 4) is 5.75 Å². The minimum atomic E-state index is -0.181. The van der Waals surface area contributed by atoms with Crippen LogP contribution in [0, 0.1) is 0 Å². The van der Waals surface area contributed by atoms with Crippen molar-refractivity contribution in [2.75, 3.05) is 0 Å². The summed E-state index contributed by atoms with van der Waals surface area (Å²) >= 11 is 0. The van der Waals surface area contributed by atoms with Crippen molar-refractivity contribution < 1.29 is 9.84 Å². The number of aliphatic hydroxyl groups is 1. The molecule has 0 aliphatic heterocycles. The number of ether oxygens (including phenoxy) is 1. The van der Waals surface area contributed by atoms with Gasteiger partial charge in [0, 0.05) is 0 Å². The number of hydrogen-bond acceptors (Lipinski definition) is 2. The van der Waals surface area contributed by atoms with Crippen molar-refractivity contribution in [2.45, 2.75) is 122 Å². The molecule has 3 rings (SSSR count). The zero-order valence-corrected chi connectivity index (χ0v) is 21.3. The van der Waals surface area contributed by atoms with E-state index in [-0.39, 0.29) is 11.5 Å². The molecule has 0 amide bonds. The van der Waals surface area contributed by atoms with Crippen LogP contribution in [0.15, 0.2) is 48.5 Å². The third kappa shape index (κ3) is 8.18. The first-order valence-electron chi connectivity index (χ1n) is 13.5. The number of aliphatic hydroxyl groups excluding tert-OH is 1. The molecule has 182 valence electrons. The van der Waals surface area contributed by atoms with Gasteiger partial charge in [-0.3, -0.25) is 0 Å². The lowest BCUT2D eigenvalue weighted by atomic mass is 9.77. The highest BCUT2D eigenvalue weighted by atomic mass is 16.5. The Morgan fingerprint density at radius 2 is 1.64 bits per heavy atom. The van der Waals surface area contributed by atoms with E-state index in [9.17, 15) is 5.11 Å². The van der Waals surface area contributed by atoms with Crippen molar-refractivity contribution in [3.05, 3.63) is 65.2 Å². The Morgan fingerprint density at radius 1 is 0.909 bits per heavy atom. The van der Waals surface area contributed by atoms with Crippen LogP contribution in [-0.4, -0.2) is 11.2 Å². The van der Waals surface area contributed by atoms with Crippen molar-refractivity contribution >= 4 is 0 Å². The maximum absolute atomic E-state index is 10.3. The third-order valence-electron chi connectivity index (χ3n) is 7.52. The van der Waals surface area contributed by atoms with Gasteiger partial charge in [-0.05, 0) is 59.8 Å². The quantitative estimate of drug-likeness (QED) is 0.309. The zero-order valence-electron chi connectivity index (χ0n) is 21.3. The average molecular weight is 451 g/mol. The first-order chi connectivity index (χ1) is 16.0. The molecule has 0 spiro atoms. The Labute approximate surface area is 202 Å². The highest BCUT2D eigenvalue weighted by molar-refractivity contribution is 5.43. The lowest BCUT2D eigenvalue weighted by Crippen LogP contribution is -2.20. The number of benzene rings is 2. The second-order valence-corrected chi connectivity index (χ2v) is 10.8. The second-order valence-electron chi connectivity index (χ2n) is 10.8. The normalized spacial score (nSPS) is 18.9. The molecular formula is C31H46O2. The minimum Gasteiger partial charge on any atom is -0.489 e. The third-order valence-corrected chi connectivity index (χ3v) is 7.52. The summed E-state index contributed by atoms with van der Waals surface area (Å²) in [5, 5.41) is 10.3. The zero-order chi connectivity index (χ0) is 23.5. The first kappa shape index (κ1) is 25.8. The van der Waals surface area contributed by atoms with E-state index in [4.69, 9.17) is 4.74 Å². The van der Waals surface area contributed by atoms with Gasteiger partial charge in [-0.25, -0.2) is 0 Å². The molecule has 2 aromatic carbocycles. The van der Waals surface area contributed by atoms with E-state index >= 15 is 0 Å². The van der Waals surface area contributed by atoms with Crippen LogP contribution >= 0.6 is 0 Å². The summed E-state index contributed by atoms with van der Waals surface area (Å²) in [7, 11) is 0. The van der Waals surface area contributed by atoms with Crippen LogP contribution in [0.3, 0.4) is 0 Å². The van der Waals surface area contributed by atoms with Gasteiger partial charge < -0.3 is 9.84 Å². The summed E-state index contributed by atoms with van der Waals surface area (Å²) in [6, 6.07) is 17.4. The lowest BCUT2D eigenvalue weighted by molar-refractivity contribution is 0.118. The van der Waals surface area contributed by atoms with Crippen LogP contribution in [-0.2, 0) is 12.0 Å². The van der Waals surface area contributed by atoms with Gasteiger partial charge in [0.15, 0.2) is 0 Å². The summed E-state index contributed by atoms with van der Waals surface area (Å²) in [5.41, 5.74) is 3.98. The highest BCUT2D eigenvalue weighted by Gasteiger charge is 2.27. The molecule has 1 fully saturated rings. The van der Waals surface area contributed by atoms with E-state index < -0.39 is 0 Å². The summed E-state index contributed by atoms with van der Waals surface area (Å²) in [6.45, 7) is 7.63. The molecule has 0 aromatic heterocycles. The monoisotopic (exact) mass is 450 g/mol. The molecule has 2 heteroatoms. The van der Waals surface area contributed by atoms with Crippen LogP contribution < -0.4 is 4.74 Å². The van der Waals surface area contributed by atoms with Gasteiger partial charge in [0.25, 0.3) is 0 Å². The van der Waals surface area contributed by atoms with E-state index in [1.165, 1.54) is 68.1 Å². The lowest BCUT2D eigenvalue weighted by Gasteiger charge is -2.30. The van der Waals surface area contributed by atoms with Gasteiger partial charge in [-0.15, -0.1) is 0 Å². The van der Waals surface area contributed by atoms with Gasteiger partial charge in [0.05, 0.1) is 6.10 Å². The van der Waals surface area contributed by atoms with Crippen LogP contribution in [0.1, 0.15) is 120 Å². The first-order valence-corrected chi connectivity index (χ1v) is 13.5. The SMILES string of the molecule is CCCCCCCCCC(C)(C)c1ccc([C@H]2CCC[C@H](O)C2)c(OCc2ccccc2)c1. The standard InChI is InChI=1S/C31H46O2/c1-4-5-6-7-8-9-13-21-31(2,3)27-19-20-29(26-17-14-18-28(32)22-26)30(23-27)33-24-25-15-11-10-12-16-25/h10-12,15-16,19-20,23,26,28,32H,4-9,13-14,17-18,21-22,24H2,1-3H3/t26-,28-/m0/s1. The Balaban J connectivity index is 1.69. The fourth-order valence-electron chi connectivity index (χ4n) is 5.27. The Hall–Kier alpha value is -1.80. The van der Waals surface area contributed by atoms with E-state index in [1.54, 1.807) is 0 Å². The van der Waals surface area contributed by atoms with Gasteiger partial charge in [0.1, 0.15) is 12.4 Å². The molecule has 0 unspecified atom stereocenters. The van der Waals surface area contributed by atoms with Crippen molar-refractivity contribution in [1.29, 1.82) is 0 Å². The smallest absolute Gasteiger partial charge is 0.123 e. The molecule has 2 aromatic rings. The second kappa shape index (κ2) is 13.2. The summed E-state index contributed by atoms with van der Waals surface area (Å²) in [4.78, 5) is 0. The molecule has 0 saturated heterocycles. The minimum absolute atomic E-state index is 0.138. The molecule has 1 aliphatic rings. The predicted octanol–water partition coefficient (Wildman–Crippen LogP) is 8.70. The number of rotatable bonds is 13. The summed E-state index contributed by atoms with van der Waals surface area (Å²) in [5.74, 6) is 1.41. The van der Waals surface area contributed by atoms with Crippen LogP contribution in [0.2, 0.25) is 0 Å². The van der Waals surface area contributed by atoms with Crippen LogP contribution in [0.5, 0.6) is 5.75 Å². The maximum atomic E-state index is 10.3. The van der Waals surface area contributed by atoms with Crippen molar-refractivity contribution in [1.82, 2.24) is 0 Å². The molecule has 0 radical (unpaired) electrons. The molecule has 1 saturated carbocycles. The number of hydrogen-bond donors (Lipinski definition) is 1. The fourth-order valence-corrected chi connectivity index (χ4v) is 5.27. The highest BCUT2D eigenvalue weighted by Crippen LogP contribution is 2.41. The van der Waals surface area contributed by atoms with Crippen molar-refractivity contribution in [3.63, 3.8) is 0 Å². The van der Waals surface area contributed by atoms with Gasteiger partial charge >= 0.3 is 0 Å². The Kier molecular flexibility index (Phi) is 10.3. The summed E-state index contributed by atoms with van der Waals surface area (Å²) < 4.78 is 6.45. The van der Waals surface area contributed by atoms with E-state index in [0.29, 0.717) is 12.5 Å². The van der Waals surface area contributed by atoms with Gasteiger partial charge in [-0.1, -0.05) is 115 Å². The molecule has 1 aliphatic carbocycles. The molecule has 2 atom stereocenters.